The number of nitrogens with zero attached hydrogens (tertiary/aromatic N) is 4. The molecule has 2 aliphatic heterocycles. The largest absolute Gasteiger partial charge is 0.324 e. The summed E-state index contributed by atoms with van der Waals surface area (Å²) in [6, 6.07) is 2.22. The zero-order chi connectivity index (χ0) is 17.2. The molecular formula is C18H31N5O. The van der Waals surface area contributed by atoms with Gasteiger partial charge < -0.3 is 9.80 Å². The first-order valence-corrected chi connectivity index (χ1v) is 9.31. The van der Waals surface area contributed by atoms with Crippen LogP contribution in [0.2, 0.25) is 0 Å². The van der Waals surface area contributed by atoms with Crippen LogP contribution >= 0.6 is 0 Å². The Kier molecular flexibility index (Phi) is 5.13. The first kappa shape index (κ1) is 17.3. The third kappa shape index (κ3) is 3.58. The molecule has 2 fully saturated rings. The van der Waals surface area contributed by atoms with Crippen molar-refractivity contribution in [2.45, 2.75) is 52.0 Å². The Balaban J connectivity index is 1.60. The van der Waals surface area contributed by atoms with Crippen LogP contribution in [0.3, 0.4) is 0 Å². The molecule has 0 radical (unpaired) electrons. The molecule has 6 heteroatoms. The van der Waals surface area contributed by atoms with Crippen molar-refractivity contribution in [3.05, 3.63) is 12.3 Å². The molecule has 1 spiro atoms. The van der Waals surface area contributed by atoms with Gasteiger partial charge in [0.25, 0.3) is 0 Å². The maximum Gasteiger partial charge on any atom is 0.323 e. The van der Waals surface area contributed by atoms with E-state index in [1.807, 2.05) is 15.6 Å². The number of amides is 2. The van der Waals surface area contributed by atoms with Gasteiger partial charge in [-0.05, 0) is 58.2 Å². The number of hydrogen-bond acceptors (Lipinski definition) is 3. The molecule has 24 heavy (non-hydrogen) atoms. The van der Waals surface area contributed by atoms with Gasteiger partial charge in [0.2, 0.25) is 0 Å². The molecule has 2 amide bonds. The molecule has 0 aromatic carbocycles. The molecule has 1 atom stereocenters. The highest BCUT2D eigenvalue weighted by atomic mass is 16.2. The van der Waals surface area contributed by atoms with Crippen LogP contribution in [0.25, 0.3) is 0 Å². The third-order valence-electron chi connectivity index (χ3n) is 5.80. The minimum atomic E-state index is 0.0243. The summed E-state index contributed by atoms with van der Waals surface area (Å²) in [6.07, 6.45) is 7.49. The fourth-order valence-electron chi connectivity index (χ4n) is 4.10. The molecule has 134 valence electrons. The maximum atomic E-state index is 12.7. The smallest absolute Gasteiger partial charge is 0.323 e. The fourth-order valence-corrected chi connectivity index (χ4v) is 4.10. The average molecular weight is 333 g/mol. The first-order chi connectivity index (χ1) is 11.5. The highest BCUT2D eigenvalue weighted by Crippen LogP contribution is 2.40. The fraction of sp³-hybridized carbons (Fsp3) is 0.778. The summed E-state index contributed by atoms with van der Waals surface area (Å²) in [6.45, 7) is 8.38. The van der Waals surface area contributed by atoms with Crippen LogP contribution in [0.5, 0.6) is 0 Å². The van der Waals surface area contributed by atoms with Crippen LogP contribution in [0.15, 0.2) is 12.3 Å². The van der Waals surface area contributed by atoms with Crippen molar-refractivity contribution in [1.82, 2.24) is 19.6 Å². The maximum absolute atomic E-state index is 12.7. The number of piperidine rings is 1. The Morgan fingerprint density at radius 2 is 2.04 bits per heavy atom. The van der Waals surface area contributed by atoms with Crippen LogP contribution in [-0.4, -0.2) is 58.8 Å². The zero-order valence-corrected chi connectivity index (χ0v) is 15.3. The summed E-state index contributed by atoms with van der Waals surface area (Å²) < 4.78 is 1.93. The summed E-state index contributed by atoms with van der Waals surface area (Å²) in [5.74, 6) is 0.810. The van der Waals surface area contributed by atoms with Crippen molar-refractivity contribution >= 4 is 11.8 Å². The summed E-state index contributed by atoms with van der Waals surface area (Å²) in [7, 11) is 2.19. The van der Waals surface area contributed by atoms with Gasteiger partial charge in [-0.3, -0.25) is 5.32 Å². The lowest BCUT2D eigenvalue weighted by molar-refractivity contribution is 0.129. The minimum absolute atomic E-state index is 0.0243. The molecule has 0 unspecified atom stereocenters. The molecule has 0 aliphatic carbocycles. The van der Waals surface area contributed by atoms with Crippen molar-refractivity contribution in [1.29, 1.82) is 0 Å². The summed E-state index contributed by atoms with van der Waals surface area (Å²) in [4.78, 5) is 17.1. The Bertz CT molecular complexity index is 562. The van der Waals surface area contributed by atoms with Crippen molar-refractivity contribution in [2.24, 2.45) is 5.41 Å². The molecule has 1 aromatic heterocycles. The number of carbonyl (C=O) groups is 1. The number of likely N-dealkylation sites (tertiary alicyclic amines) is 2. The molecule has 0 bridgehead atoms. The van der Waals surface area contributed by atoms with E-state index in [-0.39, 0.29) is 6.03 Å². The number of carbonyl (C=O) groups excluding carboxylic acids is 1. The molecule has 2 saturated heterocycles. The summed E-state index contributed by atoms with van der Waals surface area (Å²) in [5.41, 5.74) is 0.347. The van der Waals surface area contributed by atoms with Crippen molar-refractivity contribution in [2.75, 3.05) is 38.5 Å². The zero-order valence-electron chi connectivity index (χ0n) is 15.3. The third-order valence-corrected chi connectivity index (χ3v) is 5.80. The molecule has 6 nitrogen and oxygen atoms in total. The number of nitrogens with one attached hydrogen (secondary N) is 1. The van der Waals surface area contributed by atoms with E-state index in [0.717, 1.165) is 51.3 Å². The van der Waals surface area contributed by atoms with Gasteiger partial charge in [0, 0.05) is 19.2 Å². The normalized spacial score (nSPS) is 22.0. The van der Waals surface area contributed by atoms with Crippen LogP contribution in [-0.2, 0) is 0 Å². The lowest BCUT2D eigenvalue weighted by Crippen LogP contribution is -2.41. The monoisotopic (exact) mass is 333 g/mol. The number of rotatable bonds is 4. The number of aromatic nitrogens is 2. The second-order valence-corrected chi connectivity index (χ2v) is 7.70. The van der Waals surface area contributed by atoms with Crippen molar-refractivity contribution in [3.8, 4) is 0 Å². The van der Waals surface area contributed by atoms with Crippen LogP contribution in [0.1, 0.15) is 52.0 Å². The predicted octanol–water partition coefficient (Wildman–Crippen LogP) is 3.19. The second-order valence-electron chi connectivity index (χ2n) is 7.70. The van der Waals surface area contributed by atoms with Gasteiger partial charge in [-0.2, -0.15) is 5.10 Å². The molecular weight excluding hydrogens is 302 g/mol. The number of urea groups is 1. The lowest BCUT2D eigenvalue weighted by Gasteiger charge is -2.37. The molecule has 0 saturated carbocycles. The number of anilines is 1. The second kappa shape index (κ2) is 7.13. The van der Waals surface area contributed by atoms with E-state index in [4.69, 9.17) is 0 Å². The standard InChI is InChI=1S/C18H31N5O/c1-4-5-15(2)23-16(6-10-19-23)20-17(24)22-13-9-18(14-22)7-11-21(3)12-8-18/h6,10,15H,4-5,7-9,11-14H2,1-3H3,(H,20,24)/t15-/m1/s1. The summed E-state index contributed by atoms with van der Waals surface area (Å²) in [5, 5.41) is 7.46. The minimum Gasteiger partial charge on any atom is -0.324 e. The van der Waals surface area contributed by atoms with Gasteiger partial charge in [0.1, 0.15) is 5.82 Å². The highest BCUT2D eigenvalue weighted by Gasteiger charge is 2.41. The molecule has 1 aromatic rings. The topological polar surface area (TPSA) is 53.4 Å². The molecule has 3 heterocycles. The number of hydrogen-bond donors (Lipinski definition) is 1. The van der Waals surface area contributed by atoms with Gasteiger partial charge >= 0.3 is 6.03 Å². The van der Waals surface area contributed by atoms with E-state index in [2.05, 4.69) is 36.2 Å². The molecule has 1 N–H and O–H groups in total. The van der Waals surface area contributed by atoms with E-state index < -0.39 is 0 Å². The van der Waals surface area contributed by atoms with E-state index in [1.54, 1.807) is 6.20 Å². The molecule has 2 aliphatic rings. The van der Waals surface area contributed by atoms with Crippen LogP contribution in [0, 0.1) is 5.41 Å². The Labute approximate surface area is 145 Å². The van der Waals surface area contributed by atoms with Crippen LogP contribution in [0.4, 0.5) is 10.6 Å². The Morgan fingerprint density at radius 1 is 1.33 bits per heavy atom. The van der Waals surface area contributed by atoms with E-state index >= 15 is 0 Å². The van der Waals surface area contributed by atoms with E-state index in [0.29, 0.717) is 11.5 Å². The quantitative estimate of drug-likeness (QED) is 0.920. The summed E-state index contributed by atoms with van der Waals surface area (Å²) >= 11 is 0. The van der Waals surface area contributed by atoms with Gasteiger partial charge in [0.15, 0.2) is 0 Å². The van der Waals surface area contributed by atoms with Crippen molar-refractivity contribution in [3.63, 3.8) is 0 Å². The van der Waals surface area contributed by atoms with Gasteiger partial charge in [-0.25, -0.2) is 9.48 Å². The van der Waals surface area contributed by atoms with Gasteiger partial charge in [-0.1, -0.05) is 13.3 Å². The van der Waals surface area contributed by atoms with Crippen LogP contribution < -0.4 is 5.32 Å². The van der Waals surface area contributed by atoms with Gasteiger partial charge in [0.05, 0.1) is 12.2 Å². The lowest BCUT2D eigenvalue weighted by atomic mass is 9.78. The predicted molar refractivity (Wildman–Crippen MR) is 96.2 cm³/mol. The van der Waals surface area contributed by atoms with Gasteiger partial charge in [-0.15, -0.1) is 0 Å². The Hall–Kier alpha value is -1.56. The molecule has 3 rings (SSSR count). The average Bonchev–Trinajstić information content (AvgIpc) is 3.18. The van der Waals surface area contributed by atoms with E-state index in [9.17, 15) is 4.79 Å². The first-order valence-electron chi connectivity index (χ1n) is 9.31. The SMILES string of the molecule is CCC[C@@H](C)n1nccc1NC(=O)N1CCC2(CCN(C)CC2)C1. The van der Waals surface area contributed by atoms with E-state index in [1.165, 1.54) is 12.8 Å². The Morgan fingerprint density at radius 3 is 2.75 bits per heavy atom. The van der Waals surface area contributed by atoms with Crippen molar-refractivity contribution < 1.29 is 4.79 Å². The highest BCUT2D eigenvalue weighted by molar-refractivity contribution is 5.88.